The number of anilines is 2. The van der Waals surface area contributed by atoms with Crippen molar-refractivity contribution in [3.63, 3.8) is 0 Å². The van der Waals surface area contributed by atoms with E-state index >= 15 is 0 Å². The van der Waals surface area contributed by atoms with Gasteiger partial charge in [-0.2, -0.15) is 4.98 Å². The third kappa shape index (κ3) is 5.66. The number of carbonyl (C=O) groups excluding carboxylic acids is 1. The van der Waals surface area contributed by atoms with Crippen LogP contribution in [0.5, 0.6) is 0 Å². The van der Waals surface area contributed by atoms with Crippen LogP contribution in [0.2, 0.25) is 0 Å². The van der Waals surface area contributed by atoms with Gasteiger partial charge < -0.3 is 4.52 Å². The second-order valence-corrected chi connectivity index (χ2v) is 17.4. The van der Waals surface area contributed by atoms with Crippen LogP contribution in [0.1, 0.15) is 96.7 Å². The molecule has 45 heavy (non-hydrogen) atoms. The Kier molecular flexibility index (Phi) is 6.79. The van der Waals surface area contributed by atoms with Crippen molar-refractivity contribution >= 4 is 27.4 Å². The lowest BCUT2D eigenvalue weighted by Crippen LogP contribution is -2.65. The molecule has 1 N–H and O–H groups in total. The van der Waals surface area contributed by atoms with Crippen LogP contribution in [0.3, 0.4) is 0 Å². The zero-order valence-corrected chi connectivity index (χ0v) is 27.3. The summed E-state index contributed by atoms with van der Waals surface area (Å²) in [5, 5.41) is 4.44. The fraction of sp³-hybridized carbons (Fsp3) is 0.588. The number of pyridine rings is 1. The monoisotopic (exact) mass is 635 g/mol. The summed E-state index contributed by atoms with van der Waals surface area (Å²) in [6.07, 6.45) is 10.4. The van der Waals surface area contributed by atoms with Crippen molar-refractivity contribution in [1.82, 2.24) is 15.1 Å². The SMILES string of the molecule is CC(C)(C)c1nc(C23CCC(CN(C(=O)CC45CC(F)(C4)C5)c4cc(-c5ccc(NS(C)(=O)=O)cc5)ccn4)(CC2)CC3)no1. The molecule has 4 bridgehead atoms. The van der Waals surface area contributed by atoms with Crippen LogP contribution in [0.15, 0.2) is 47.1 Å². The minimum atomic E-state index is -3.38. The van der Waals surface area contributed by atoms with Crippen molar-refractivity contribution in [2.24, 2.45) is 10.8 Å². The highest BCUT2D eigenvalue weighted by Gasteiger charge is 2.69. The van der Waals surface area contributed by atoms with Crippen LogP contribution in [0, 0.1) is 10.8 Å². The molecule has 3 aromatic rings. The number of hydrogen-bond donors (Lipinski definition) is 1. The lowest BCUT2D eigenvalue weighted by molar-refractivity contribution is -0.215. The van der Waals surface area contributed by atoms with Crippen molar-refractivity contribution in [3.8, 4) is 11.1 Å². The number of hydrogen-bond acceptors (Lipinski definition) is 7. The first-order chi connectivity index (χ1) is 21.1. The van der Waals surface area contributed by atoms with Gasteiger partial charge in [-0.15, -0.1) is 0 Å². The van der Waals surface area contributed by atoms with E-state index in [1.54, 1.807) is 18.3 Å². The molecule has 0 spiro atoms. The molecule has 6 aliphatic carbocycles. The average molecular weight is 636 g/mol. The van der Waals surface area contributed by atoms with E-state index in [0.717, 1.165) is 61.7 Å². The number of nitrogens with zero attached hydrogens (tertiary/aromatic N) is 4. The van der Waals surface area contributed by atoms with Crippen LogP contribution < -0.4 is 9.62 Å². The Morgan fingerprint density at radius 3 is 2.18 bits per heavy atom. The van der Waals surface area contributed by atoms with Gasteiger partial charge >= 0.3 is 0 Å². The standard InChI is InChI=1S/C34H42FN5O4S/c1-30(2,3)29-37-28(38-44-29)33-13-10-31(11-14-33,12-15-33)22-40(27(41)18-32-19-34(35,20-32)21-32)26-17-24(9-16-36-26)23-5-7-25(8-6-23)39-45(4,42)43/h5-9,16-17,39H,10-15,18-22H2,1-4H3. The Morgan fingerprint density at radius 1 is 0.978 bits per heavy atom. The Morgan fingerprint density at radius 2 is 1.62 bits per heavy atom. The van der Waals surface area contributed by atoms with Crippen LogP contribution >= 0.6 is 0 Å². The van der Waals surface area contributed by atoms with E-state index in [2.05, 4.69) is 30.6 Å². The number of nitrogens with one attached hydrogen (secondary N) is 1. The number of carbonyl (C=O) groups is 1. The van der Waals surface area contributed by atoms with Crippen molar-refractivity contribution in [2.45, 2.75) is 101 Å². The fourth-order valence-corrected chi connectivity index (χ4v) is 8.93. The van der Waals surface area contributed by atoms with E-state index in [1.807, 2.05) is 29.2 Å². The first-order valence-corrected chi connectivity index (χ1v) is 17.9. The van der Waals surface area contributed by atoms with Gasteiger partial charge in [0.1, 0.15) is 11.5 Å². The van der Waals surface area contributed by atoms with Crippen molar-refractivity contribution < 1.29 is 22.1 Å². The summed E-state index contributed by atoms with van der Waals surface area (Å²) < 4.78 is 45.8. The molecule has 0 unspecified atom stereocenters. The van der Waals surface area contributed by atoms with Crippen molar-refractivity contribution in [2.75, 3.05) is 22.4 Å². The molecule has 0 aliphatic heterocycles. The number of fused-ring (bicyclic) bond motifs is 3. The maximum atomic E-state index is 14.4. The normalized spacial score (nSPS) is 30.3. The smallest absolute Gasteiger partial charge is 0.232 e. The van der Waals surface area contributed by atoms with Gasteiger partial charge in [-0.05, 0) is 104 Å². The summed E-state index contributed by atoms with van der Waals surface area (Å²) in [7, 11) is -3.38. The van der Waals surface area contributed by atoms with E-state index in [1.165, 1.54) is 0 Å². The molecule has 0 atom stereocenters. The molecule has 2 heterocycles. The molecule has 9 rings (SSSR count). The first-order valence-electron chi connectivity index (χ1n) is 16.0. The van der Waals surface area contributed by atoms with Crippen LogP contribution in [0.4, 0.5) is 15.9 Å². The number of rotatable bonds is 9. The molecule has 2 aromatic heterocycles. The van der Waals surface area contributed by atoms with Gasteiger partial charge in [0.15, 0.2) is 5.82 Å². The zero-order valence-electron chi connectivity index (χ0n) is 26.5. The molecule has 1 aromatic carbocycles. The lowest BCUT2D eigenvalue weighted by atomic mass is 9.41. The maximum absolute atomic E-state index is 14.4. The van der Waals surface area contributed by atoms with Crippen LogP contribution in [0.25, 0.3) is 11.1 Å². The highest BCUT2D eigenvalue weighted by molar-refractivity contribution is 7.92. The molecule has 6 saturated carbocycles. The van der Waals surface area contributed by atoms with Crippen LogP contribution in [-0.4, -0.2) is 47.9 Å². The molecule has 6 aliphatic rings. The summed E-state index contributed by atoms with van der Waals surface area (Å²) in [5.74, 6) is 2.10. The van der Waals surface area contributed by atoms with E-state index in [9.17, 15) is 17.6 Å². The Balaban J connectivity index is 1.13. The van der Waals surface area contributed by atoms with Gasteiger partial charge in [0.2, 0.25) is 21.8 Å². The van der Waals surface area contributed by atoms with Gasteiger partial charge in [0.05, 0.1) is 6.26 Å². The predicted molar refractivity (Wildman–Crippen MR) is 170 cm³/mol. The molecule has 0 radical (unpaired) electrons. The predicted octanol–water partition coefficient (Wildman–Crippen LogP) is 6.71. The topological polar surface area (TPSA) is 118 Å². The Hall–Kier alpha value is -3.34. The lowest BCUT2D eigenvalue weighted by Gasteiger charge is -2.66. The summed E-state index contributed by atoms with van der Waals surface area (Å²) in [6.45, 7) is 6.81. The Bertz CT molecular complexity index is 1700. The van der Waals surface area contributed by atoms with Crippen molar-refractivity contribution in [1.29, 1.82) is 0 Å². The van der Waals surface area contributed by atoms with Crippen LogP contribution in [-0.2, 0) is 25.6 Å². The largest absolute Gasteiger partial charge is 0.339 e. The highest BCUT2D eigenvalue weighted by atomic mass is 32.2. The van der Waals surface area contributed by atoms with Crippen molar-refractivity contribution in [3.05, 3.63) is 54.3 Å². The van der Waals surface area contributed by atoms with Gasteiger partial charge in [-0.3, -0.25) is 14.4 Å². The van der Waals surface area contributed by atoms with Gasteiger partial charge in [0, 0.05) is 35.7 Å². The number of amides is 1. The quantitative estimate of drug-likeness (QED) is 0.278. The zero-order chi connectivity index (χ0) is 31.9. The molecular formula is C34H42FN5O4S. The number of alkyl halides is 1. The number of aromatic nitrogens is 3. The molecule has 0 saturated heterocycles. The maximum Gasteiger partial charge on any atom is 0.232 e. The summed E-state index contributed by atoms with van der Waals surface area (Å²) in [4.78, 5) is 25.5. The minimum absolute atomic E-state index is 0.0128. The molecule has 9 nitrogen and oxygen atoms in total. The minimum Gasteiger partial charge on any atom is -0.339 e. The van der Waals surface area contributed by atoms with Gasteiger partial charge in [-0.1, -0.05) is 38.1 Å². The second-order valence-electron chi connectivity index (χ2n) is 15.6. The third-order valence-corrected chi connectivity index (χ3v) is 11.5. The number of sulfonamides is 1. The fourth-order valence-electron chi connectivity index (χ4n) is 8.37. The molecular weight excluding hydrogens is 593 g/mol. The molecule has 11 heteroatoms. The first kappa shape index (κ1) is 30.3. The van der Waals surface area contributed by atoms with E-state index in [4.69, 9.17) is 14.5 Å². The van der Waals surface area contributed by atoms with E-state index in [0.29, 0.717) is 49.6 Å². The summed E-state index contributed by atoms with van der Waals surface area (Å²) in [6, 6.07) is 11.0. The Labute approximate surface area is 264 Å². The molecule has 6 fully saturated rings. The summed E-state index contributed by atoms with van der Waals surface area (Å²) >= 11 is 0. The third-order valence-electron chi connectivity index (χ3n) is 10.9. The second kappa shape index (κ2) is 10.1. The number of halogens is 1. The van der Waals surface area contributed by atoms with E-state index < -0.39 is 15.7 Å². The summed E-state index contributed by atoms with van der Waals surface area (Å²) in [5.41, 5.74) is 0.667. The molecule has 240 valence electrons. The average Bonchev–Trinajstić information content (AvgIpc) is 3.48. The number of benzene rings is 1. The molecule has 1 amide bonds. The van der Waals surface area contributed by atoms with Gasteiger partial charge in [-0.25, -0.2) is 17.8 Å². The van der Waals surface area contributed by atoms with Gasteiger partial charge in [0.25, 0.3) is 0 Å². The highest BCUT2D eigenvalue weighted by Crippen LogP contribution is 2.71. The van der Waals surface area contributed by atoms with E-state index in [-0.39, 0.29) is 27.6 Å².